The summed E-state index contributed by atoms with van der Waals surface area (Å²) in [5.41, 5.74) is 3.18. The van der Waals surface area contributed by atoms with E-state index in [2.05, 4.69) is 0 Å². The molecule has 0 bridgehead atoms. The Labute approximate surface area is 128 Å². The quantitative estimate of drug-likeness (QED) is 0.792. The molecular weight excluding hydrogens is 286 g/mol. The molecule has 0 radical (unpaired) electrons. The second kappa shape index (κ2) is 5.34. The van der Waals surface area contributed by atoms with Crippen LogP contribution in [0.15, 0.2) is 42.5 Å². The number of rotatable bonds is 2. The van der Waals surface area contributed by atoms with Crippen LogP contribution in [0.2, 0.25) is 5.02 Å². The van der Waals surface area contributed by atoms with Crippen LogP contribution in [0.25, 0.3) is 0 Å². The Morgan fingerprint density at radius 2 is 1.90 bits per heavy atom. The molecule has 2 aromatic carbocycles. The summed E-state index contributed by atoms with van der Waals surface area (Å²) in [5, 5.41) is 0.548. The molecule has 0 aliphatic carbocycles. The highest BCUT2D eigenvalue weighted by Gasteiger charge is 2.26. The molecule has 0 saturated carbocycles. The van der Waals surface area contributed by atoms with Gasteiger partial charge in [-0.2, -0.15) is 0 Å². The van der Waals surface area contributed by atoms with Crippen LogP contribution in [-0.2, 0) is 6.42 Å². The molecule has 1 aliphatic heterocycles. The number of ketones is 1. The number of nitrogens with zero attached hydrogens (tertiary/aromatic N) is 1. The lowest BCUT2D eigenvalue weighted by atomic mass is 10.1. The first kappa shape index (κ1) is 13.8. The summed E-state index contributed by atoms with van der Waals surface area (Å²) < 4.78 is 0. The molecule has 3 nitrogen and oxygen atoms in total. The molecule has 0 fully saturated rings. The Hall–Kier alpha value is -2.13. The summed E-state index contributed by atoms with van der Waals surface area (Å²) >= 11 is 5.94. The Morgan fingerprint density at radius 3 is 2.62 bits per heavy atom. The lowest BCUT2D eigenvalue weighted by Crippen LogP contribution is -2.28. The van der Waals surface area contributed by atoms with E-state index >= 15 is 0 Å². The van der Waals surface area contributed by atoms with Gasteiger partial charge in [0.1, 0.15) is 0 Å². The number of carbonyl (C=O) groups is 2. The molecule has 0 saturated heterocycles. The lowest BCUT2D eigenvalue weighted by molar-refractivity contribution is 0.0987. The van der Waals surface area contributed by atoms with Crippen LogP contribution in [-0.4, -0.2) is 18.2 Å². The monoisotopic (exact) mass is 299 g/mol. The molecule has 4 heteroatoms. The summed E-state index contributed by atoms with van der Waals surface area (Å²) in [6.45, 7) is 2.17. The van der Waals surface area contributed by atoms with E-state index in [-0.39, 0.29) is 11.7 Å². The molecule has 3 rings (SSSR count). The van der Waals surface area contributed by atoms with Crippen molar-refractivity contribution in [2.24, 2.45) is 0 Å². The number of carbonyl (C=O) groups excluding carboxylic acids is 2. The van der Waals surface area contributed by atoms with Gasteiger partial charge in [-0.3, -0.25) is 9.59 Å². The Balaban J connectivity index is 1.94. The molecule has 0 atom stereocenters. The van der Waals surface area contributed by atoms with E-state index < -0.39 is 0 Å². The van der Waals surface area contributed by atoms with Gasteiger partial charge in [-0.25, -0.2) is 0 Å². The summed E-state index contributed by atoms with van der Waals surface area (Å²) in [4.78, 5) is 25.7. The predicted molar refractivity (Wildman–Crippen MR) is 83.3 cm³/mol. The second-order valence-corrected chi connectivity index (χ2v) is 5.55. The van der Waals surface area contributed by atoms with Crippen LogP contribution < -0.4 is 4.90 Å². The van der Waals surface area contributed by atoms with Crippen LogP contribution in [0.4, 0.5) is 5.69 Å². The van der Waals surface area contributed by atoms with Crippen molar-refractivity contribution in [3.05, 3.63) is 64.2 Å². The highest BCUT2D eigenvalue weighted by Crippen LogP contribution is 2.30. The van der Waals surface area contributed by atoms with Crippen molar-refractivity contribution in [1.82, 2.24) is 0 Å². The molecule has 106 valence electrons. The standard InChI is InChI=1S/C17H14ClNO2/c1-11(20)12-5-6-16-13(9-12)7-8-19(16)17(21)14-3-2-4-15(18)10-14/h2-6,9-10H,7-8H2,1H3. The molecule has 1 amide bonds. The van der Waals surface area contributed by atoms with Crippen molar-refractivity contribution in [2.45, 2.75) is 13.3 Å². The first-order valence-electron chi connectivity index (χ1n) is 6.77. The molecule has 0 unspecified atom stereocenters. The highest BCUT2D eigenvalue weighted by molar-refractivity contribution is 6.31. The Morgan fingerprint density at radius 1 is 1.10 bits per heavy atom. The van der Waals surface area contributed by atoms with Gasteiger partial charge >= 0.3 is 0 Å². The average Bonchev–Trinajstić information content (AvgIpc) is 2.89. The topological polar surface area (TPSA) is 37.4 Å². The molecule has 2 aromatic rings. The third kappa shape index (κ3) is 2.57. The fourth-order valence-electron chi connectivity index (χ4n) is 2.61. The molecule has 0 N–H and O–H groups in total. The average molecular weight is 300 g/mol. The maximum atomic E-state index is 12.6. The van der Waals surface area contributed by atoms with E-state index in [9.17, 15) is 9.59 Å². The van der Waals surface area contributed by atoms with E-state index in [0.29, 0.717) is 22.7 Å². The highest BCUT2D eigenvalue weighted by atomic mass is 35.5. The SMILES string of the molecule is CC(=O)c1ccc2c(c1)CCN2C(=O)c1cccc(Cl)c1. The van der Waals surface area contributed by atoms with Crippen LogP contribution in [0.1, 0.15) is 33.2 Å². The zero-order chi connectivity index (χ0) is 15.0. The van der Waals surface area contributed by atoms with Crippen molar-refractivity contribution in [1.29, 1.82) is 0 Å². The fraction of sp³-hybridized carbons (Fsp3) is 0.176. The predicted octanol–water partition coefficient (Wildman–Crippen LogP) is 3.75. The first-order chi connectivity index (χ1) is 10.1. The number of anilines is 1. The summed E-state index contributed by atoms with van der Waals surface area (Å²) in [5.74, 6) is -0.0238. The van der Waals surface area contributed by atoms with Crippen LogP contribution in [0.5, 0.6) is 0 Å². The minimum absolute atomic E-state index is 0.0393. The molecule has 1 aliphatic rings. The van der Waals surface area contributed by atoms with Crippen molar-refractivity contribution in [2.75, 3.05) is 11.4 Å². The number of halogens is 1. The minimum atomic E-state index is -0.0631. The second-order valence-electron chi connectivity index (χ2n) is 5.12. The number of fused-ring (bicyclic) bond motifs is 1. The lowest BCUT2D eigenvalue weighted by Gasteiger charge is -2.17. The van der Waals surface area contributed by atoms with E-state index in [1.54, 1.807) is 42.2 Å². The van der Waals surface area contributed by atoms with Crippen LogP contribution in [0, 0.1) is 0 Å². The maximum Gasteiger partial charge on any atom is 0.258 e. The molecular formula is C17H14ClNO2. The third-order valence-corrected chi connectivity index (χ3v) is 3.93. The Kier molecular flexibility index (Phi) is 3.52. The van der Waals surface area contributed by atoms with E-state index in [4.69, 9.17) is 11.6 Å². The summed E-state index contributed by atoms with van der Waals surface area (Å²) in [7, 11) is 0. The van der Waals surface area contributed by atoms with E-state index in [1.165, 1.54) is 0 Å². The third-order valence-electron chi connectivity index (χ3n) is 3.70. The van der Waals surface area contributed by atoms with Crippen molar-refractivity contribution < 1.29 is 9.59 Å². The number of amides is 1. The van der Waals surface area contributed by atoms with Gasteiger partial charge in [-0.05, 0) is 55.3 Å². The van der Waals surface area contributed by atoms with E-state index in [0.717, 1.165) is 17.7 Å². The smallest absolute Gasteiger partial charge is 0.258 e. The molecule has 1 heterocycles. The van der Waals surface area contributed by atoms with Gasteiger partial charge in [0.2, 0.25) is 0 Å². The zero-order valence-electron chi connectivity index (χ0n) is 11.6. The van der Waals surface area contributed by atoms with Gasteiger partial charge in [0.05, 0.1) is 0 Å². The van der Waals surface area contributed by atoms with Gasteiger partial charge in [0.25, 0.3) is 5.91 Å². The molecule has 0 aromatic heterocycles. The van der Waals surface area contributed by atoms with Gasteiger partial charge in [-0.15, -0.1) is 0 Å². The first-order valence-corrected chi connectivity index (χ1v) is 7.15. The van der Waals surface area contributed by atoms with Crippen molar-refractivity contribution in [3.8, 4) is 0 Å². The largest absolute Gasteiger partial charge is 0.308 e. The fourth-order valence-corrected chi connectivity index (χ4v) is 2.80. The van der Waals surface area contributed by atoms with Crippen LogP contribution >= 0.6 is 11.6 Å². The van der Waals surface area contributed by atoms with Crippen LogP contribution in [0.3, 0.4) is 0 Å². The number of hydrogen-bond acceptors (Lipinski definition) is 2. The molecule has 21 heavy (non-hydrogen) atoms. The maximum absolute atomic E-state index is 12.6. The minimum Gasteiger partial charge on any atom is -0.308 e. The summed E-state index contributed by atoms with van der Waals surface area (Å²) in [6, 6.07) is 12.4. The summed E-state index contributed by atoms with van der Waals surface area (Å²) in [6.07, 6.45) is 0.767. The van der Waals surface area contributed by atoms with Gasteiger partial charge in [0.15, 0.2) is 5.78 Å². The van der Waals surface area contributed by atoms with E-state index in [1.807, 2.05) is 12.1 Å². The number of hydrogen-bond donors (Lipinski definition) is 0. The molecule has 0 spiro atoms. The number of Topliss-reactive ketones (excluding diaryl/α,β-unsaturated/α-hetero) is 1. The van der Waals surface area contributed by atoms with Crippen molar-refractivity contribution in [3.63, 3.8) is 0 Å². The number of benzene rings is 2. The van der Waals surface area contributed by atoms with Crippen molar-refractivity contribution >= 4 is 29.0 Å². The normalized spacial score (nSPS) is 13.1. The zero-order valence-corrected chi connectivity index (χ0v) is 12.4. The van der Waals surface area contributed by atoms with Gasteiger partial charge in [0, 0.05) is 28.4 Å². The van der Waals surface area contributed by atoms with Gasteiger partial charge in [-0.1, -0.05) is 17.7 Å². The van der Waals surface area contributed by atoms with Gasteiger partial charge < -0.3 is 4.90 Å². The Bertz CT molecular complexity index is 739.